The van der Waals surface area contributed by atoms with Crippen LogP contribution in [0.3, 0.4) is 0 Å². The number of aromatic nitrogens is 2. The fraction of sp³-hybridized carbons (Fsp3) is 0.600. The van der Waals surface area contributed by atoms with Gasteiger partial charge in [-0.2, -0.15) is 0 Å². The van der Waals surface area contributed by atoms with Gasteiger partial charge < -0.3 is 4.74 Å². The maximum atomic E-state index is 5.14. The maximum Gasteiger partial charge on any atom is 0.221 e. The minimum atomic E-state index is 0.683. The van der Waals surface area contributed by atoms with Crippen LogP contribution in [-0.4, -0.2) is 29.1 Å². The molecule has 0 spiro atoms. The summed E-state index contributed by atoms with van der Waals surface area (Å²) in [7, 11) is 3.52. The number of fused-ring (bicyclic) bond motifs is 1. The number of hydrazine groups is 1. The largest absolute Gasteiger partial charge is 0.481 e. The zero-order chi connectivity index (χ0) is 11.3. The highest BCUT2D eigenvalue weighted by atomic mass is 16.5. The molecule has 0 radical (unpaired) electrons. The van der Waals surface area contributed by atoms with E-state index in [2.05, 4.69) is 20.4 Å². The van der Waals surface area contributed by atoms with Gasteiger partial charge in [0.25, 0.3) is 0 Å². The van der Waals surface area contributed by atoms with E-state index < -0.39 is 0 Å². The summed E-state index contributed by atoms with van der Waals surface area (Å²) in [5.41, 5.74) is 5.20. The summed E-state index contributed by atoms with van der Waals surface area (Å²) in [6.45, 7) is 5.61. The molecule has 0 atom stereocenters. The molecule has 1 aliphatic rings. The van der Waals surface area contributed by atoms with Gasteiger partial charge in [0.1, 0.15) is 6.33 Å². The normalized spacial score (nSPS) is 14.1. The Morgan fingerprint density at radius 2 is 2.07 bits per heavy atom. The van der Waals surface area contributed by atoms with Crippen LogP contribution in [0.5, 0.6) is 5.88 Å². The Hall–Kier alpha value is -1.20. The molecule has 84 valence electrons. The molecule has 1 aromatic rings. The first-order valence-corrected chi connectivity index (χ1v) is 5.14. The molecule has 1 aliphatic heterocycles. The molecule has 1 aromatic heterocycles. The van der Waals surface area contributed by atoms with Crippen LogP contribution in [-0.2, 0) is 13.1 Å². The molecular weight excluding hydrogens is 192 g/mol. The van der Waals surface area contributed by atoms with Crippen molar-refractivity contribution in [2.75, 3.05) is 14.2 Å². The fourth-order valence-corrected chi connectivity index (χ4v) is 1.49. The molecule has 5 heteroatoms. The number of rotatable bonds is 2. The van der Waals surface area contributed by atoms with E-state index in [0.29, 0.717) is 5.88 Å². The number of hydrogen-bond acceptors (Lipinski definition) is 5. The van der Waals surface area contributed by atoms with Crippen molar-refractivity contribution >= 4 is 0 Å². The highest BCUT2D eigenvalue weighted by Gasteiger charge is 2.23. The van der Waals surface area contributed by atoms with Crippen molar-refractivity contribution in [2.45, 2.75) is 26.9 Å². The second-order valence-corrected chi connectivity index (χ2v) is 2.89. The molecule has 0 saturated carbocycles. The van der Waals surface area contributed by atoms with Crippen LogP contribution in [0.2, 0.25) is 0 Å². The third-order valence-electron chi connectivity index (χ3n) is 2.19. The van der Waals surface area contributed by atoms with Crippen LogP contribution < -0.4 is 10.2 Å². The van der Waals surface area contributed by atoms with E-state index in [-0.39, 0.29) is 0 Å². The Labute approximate surface area is 90.5 Å². The number of ether oxygens (including phenoxy) is 1. The predicted octanol–water partition coefficient (Wildman–Crippen LogP) is 0.961. The monoisotopic (exact) mass is 210 g/mol. The van der Waals surface area contributed by atoms with Gasteiger partial charge in [-0.05, 0) is 7.05 Å². The topological polar surface area (TPSA) is 50.3 Å². The van der Waals surface area contributed by atoms with Crippen molar-refractivity contribution in [3.05, 3.63) is 17.6 Å². The molecule has 0 fully saturated rings. The maximum absolute atomic E-state index is 5.14. The van der Waals surface area contributed by atoms with Gasteiger partial charge in [0.15, 0.2) is 0 Å². The number of nitrogens with zero attached hydrogens (tertiary/aromatic N) is 3. The van der Waals surface area contributed by atoms with Crippen molar-refractivity contribution < 1.29 is 4.74 Å². The first-order chi connectivity index (χ1) is 7.35. The van der Waals surface area contributed by atoms with Crippen LogP contribution in [0.4, 0.5) is 0 Å². The molecular formula is C10H18N4O. The number of hydrogen-bond donors (Lipinski definition) is 1. The fourth-order valence-electron chi connectivity index (χ4n) is 1.49. The van der Waals surface area contributed by atoms with Crippen molar-refractivity contribution in [3.8, 4) is 5.88 Å². The Morgan fingerprint density at radius 3 is 2.67 bits per heavy atom. The lowest BCUT2D eigenvalue weighted by molar-refractivity contribution is 0.209. The summed E-state index contributed by atoms with van der Waals surface area (Å²) >= 11 is 0. The van der Waals surface area contributed by atoms with Gasteiger partial charge in [-0.15, -0.1) is 0 Å². The Morgan fingerprint density at radius 1 is 1.33 bits per heavy atom. The Kier molecular flexibility index (Phi) is 4.45. The lowest BCUT2D eigenvalue weighted by atomic mass is 10.3. The van der Waals surface area contributed by atoms with Gasteiger partial charge in [-0.1, -0.05) is 13.8 Å². The predicted molar refractivity (Wildman–Crippen MR) is 58.2 cm³/mol. The Bertz CT molecular complexity index is 316. The molecule has 0 amide bonds. The zero-order valence-electron chi connectivity index (χ0n) is 9.74. The highest BCUT2D eigenvalue weighted by Crippen LogP contribution is 2.25. The van der Waals surface area contributed by atoms with Crippen LogP contribution >= 0.6 is 0 Å². The average Bonchev–Trinajstić information content (AvgIpc) is 2.74. The van der Waals surface area contributed by atoms with Crippen LogP contribution in [0.15, 0.2) is 6.33 Å². The highest BCUT2D eigenvalue weighted by molar-refractivity contribution is 5.32. The zero-order valence-corrected chi connectivity index (χ0v) is 9.74. The van der Waals surface area contributed by atoms with E-state index in [1.807, 2.05) is 20.9 Å². The van der Waals surface area contributed by atoms with Gasteiger partial charge in [-0.25, -0.2) is 15.0 Å². The molecule has 2 heterocycles. The quantitative estimate of drug-likeness (QED) is 0.788. The number of methoxy groups -OCH3 is 1. The summed E-state index contributed by atoms with van der Waals surface area (Å²) in [6.07, 6.45) is 1.54. The summed E-state index contributed by atoms with van der Waals surface area (Å²) in [5.74, 6) is 0.683. The average molecular weight is 210 g/mol. The summed E-state index contributed by atoms with van der Waals surface area (Å²) in [6, 6.07) is 0. The summed E-state index contributed by atoms with van der Waals surface area (Å²) < 4.78 is 5.14. The molecule has 0 saturated heterocycles. The minimum Gasteiger partial charge on any atom is -0.481 e. The van der Waals surface area contributed by atoms with Crippen LogP contribution in [0.1, 0.15) is 25.1 Å². The first-order valence-electron chi connectivity index (χ1n) is 5.14. The van der Waals surface area contributed by atoms with E-state index in [9.17, 15) is 0 Å². The third-order valence-corrected chi connectivity index (χ3v) is 2.19. The van der Waals surface area contributed by atoms with E-state index in [1.54, 1.807) is 7.11 Å². The standard InChI is InChI=1S/C8H12N4O.C2H6/c1-9-12-3-6-7(4-12)10-5-11-8(6)13-2;1-2/h5,9H,3-4H2,1-2H3;1-2H3. The van der Waals surface area contributed by atoms with Gasteiger partial charge in [0, 0.05) is 6.54 Å². The van der Waals surface area contributed by atoms with Crippen molar-refractivity contribution in [1.82, 2.24) is 20.4 Å². The lowest BCUT2D eigenvalue weighted by Crippen LogP contribution is -2.29. The Balaban J connectivity index is 0.000000531. The molecule has 1 N–H and O–H groups in total. The van der Waals surface area contributed by atoms with E-state index in [4.69, 9.17) is 4.74 Å². The minimum absolute atomic E-state index is 0.683. The van der Waals surface area contributed by atoms with Crippen molar-refractivity contribution in [2.24, 2.45) is 0 Å². The first kappa shape index (κ1) is 11.9. The number of nitrogens with one attached hydrogen (secondary N) is 1. The van der Waals surface area contributed by atoms with E-state index in [0.717, 1.165) is 24.3 Å². The third kappa shape index (κ3) is 2.43. The van der Waals surface area contributed by atoms with Gasteiger partial charge in [0.05, 0.1) is 24.9 Å². The second kappa shape index (κ2) is 5.63. The summed E-state index contributed by atoms with van der Waals surface area (Å²) in [4.78, 5) is 8.24. The molecule has 0 unspecified atom stereocenters. The summed E-state index contributed by atoms with van der Waals surface area (Å²) in [5, 5.41) is 2.06. The van der Waals surface area contributed by atoms with E-state index in [1.165, 1.54) is 6.33 Å². The molecule has 15 heavy (non-hydrogen) atoms. The lowest BCUT2D eigenvalue weighted by Gasteiger charge is -2.10. The van der Waals surface area contributed by atoms with Gasteiger partial charge >= 0.3 is 0 Å². The van der Waals surface area contributed by atoms with Crippen LogP contribution in [0.25, 0.3) is 0 Å². The molecule has 2 rings (SSSR count). The van der Waals surface area contributed by atoms with Gasteiger partial charge in [-0.3, -0.25) is 5.43 Å². The molecule has 5 nitrogen and oxygen atoms in total. The van der Waals surface area contributed by atoms with Crippen molar-refractivity contribution in [3.63, 3.8) is 0 Å². The molecule has 0 aliphatic carbocycles. The second-order valence-electron chi connectivity index (χ2n) is 2.89. The SMILES string of the molecule is CC.CNN1Cc2ncnc(OC)c2C1. The van der Waals surface area contributed by atoms with E-state index >= 15 is 0 Å². The van der Waals surface area contributed by atoms with Crippen molar-refractivity contribution in [1.29, 1.82) is 0 Å². The molecule has 0 bridgehead atoms. The smallest absolute Gasteiger partial charge is 0.221 e. The van der Waals surface area contributed by atoms with Gasteiger partial charge in [0.2, 0.25) is 5.88 Å². The van der Waals surface area contributed by atoms with Crippen LogP contribution in [0, 0.1) is 0 Å². The molecule has 0 aromatic carbocycles.